The molecule has 0 aromatic heterocycles. The highest BCUT2D eigenvalue weighted by atomic mass is 16.5. The van der Waals surface area contributed by atoms with E-state index in [9.17, 15) is 4.79 Å². The molecule has 0 aliphatic carbocycles. The average Bonchev–Trinajstić information content (AvgIpc) is 2.42. The zero-order valence-electron chi connectivity index (χ0n) is 11.2. The van der Waals surface area contributed by atoms with Gasteiger partial charge in [-0.25, -0.2) is 0 Å². The molecule has 1 aromatic carbocycles. The van der Waals surface area contributed by atoms with E-state index in [2.05, 4.69) is 5.92 Å². The third kappa shape index (κ3) is 6.52. The van der Waals surface area contributed by atoms with Gasteiger partial charge in [0.25, 0.3) is 0 Å². The molecule has 0 aliphatic rings. The van der Waals surface area contributed by atoms with E-state index in [1.54, 1.807) is 18.2 Å². The lowest BCUT2D eigenvalue weighted by molar-refractivity contribution is 0.1000. The molecule has 1 rings (SSSR count). The van der Waals surface area contributed by atoms with Crippen LogP contribution in [0, 0.1) is 12.3 Å². The van der Waals surface area contributed by atoms with Crippen molar-refractivity contribution in [1.29, 1.82) is 0 Å². The summed E-state index contributed by atoms with van der Waals surface area (Å²) in [5, 5.41) is 0. The Labute approximate surface area is 115 Å². The molecule has 0 saturated carbocycles. The lowest BCUT2D eigenvalue weighted by Gasteiger charge is -2.06. The Kier molecular flexibility index (Phi) is 7.19. The fraction of sp³-hybridized carbons (Fsp3) is 0.438. The molecule has 0 fully saturated rings. The summed E-state index contributed by atoms with van der Waals surface area (Å²) < 4.78 is 5.58. The van der Waals surface area contributed by atoms with Crippen LogP contribution in [-0.4, -0.2) is 12.5 Å². The van der Waals surface area contributed by atoms with Crippen molar-refractivity contribution in [2.45, 2.75) is 38.5 Å². The van der Waals surface area contributed by atoms with E-state index in [0.717, 1.165) is 25.7 Å². The van der Waals surface area contributed by atoms with Crippen LogP contribution in [0.3, 0.4) is 0 Å². The number of benzene rings is 1. The topological polar surface area (TPSA) is 52.3 Å². The molecule has 0 heterocycles. The summed E-state index contributed by atoms with van der Waals surface area (Å²) in [6, 6.07) is 6.96. The Balaban J connectivity index is 2.14. The SMILES string of the molecule is C#CCCCCCCCOc1cccc(C(N)=O)c1. The molecule has 3 nitrogen and oxygen atoms in total. The Bertz CT molecular complexity index is 435. The zero-order valence-corrected chi connectivity index (χ0v) is 11.2. The number of hydrogen-bond donors (Lipinski definition) is 1. The van der Waals surface area contributed by atoms with Gasteiger partial charge in [0, 0.05) is 12.0 Å². The van der Waals surface area contributed by atoms with Crippen molar-refractivity contribution in [3.63, 3.8) is 0 Å². The highest BCUT2D eigenvalue weighted by Gasteiger charge is 2.01. The van der Waals surface area contributed by atoms with Gasteiger partial charge in [-0.05, 0) is 31.0 Å². The van der Waals surface area contributed by atoms with Gasteiger partial charge < -0.3 is 10.5 Å². The number of rotatable bonds is 9. The number of nitrogens with two attached hydrogens (primary N) is 1. The average molecular weight is 259 g/mol. The molecular formula is C16H21NO2. The zero-order chi connectivity index (χ0) is 13.9. The third-order valence-corrected chi connectivity index (χ3v) is 2.85. The summed E-state index contributed by atoms with van der Waals surface area (Å²) in [5.74, 6) is 2.91. The molecule has 0 spiro atoms. The van der Waals surface area contributed by atoms with Crippen LogP contribution in [0.5, 0.6) is 5.75 Å². The highest BCUT2D eigenvalue weighted by molar-refractivity contribution is 5.93. The summed E-state index contributed by atoms with van der Waals surface area (Å²) >= 11 is 0. The van der Waals surface area contributed by atoms with Crippen LogP contribution < -0.4 is 10.5 Å². The van der Waals surface area contributed by atoms with E-state index < -0.39 is 5.91 Å². The van der Waals surface area contributed by atoms with Crippen LogP contribution in [0.25, 0.3) is 0 Å². The number of hydrogen-bond acceptors (Lipinski definition) is 2. The van der Waals surface area contributed by atoms with E-state index >= 15 is 0 Å². The lowest BCUT2D eigenvalue weighted by atomic mass is 10.1. The summed E-state index contributed by atoms with van der Waals surface area (Å²) in [5.41, 5.74) is 5.69. The first kappa shape index (κ1) is 15.1. The van der Waals surface area contributed by atoms with Crippen LogP contribution in [0.2, 0.25) is 0 Å². The Hall–Kier alpha value is -1.95. The molecule has 0 aliphatic heterocycles. The van der Waals surface area contributed by atoms with Gasteiger partial charge in [-0.3, -0.25) is 4.79 Å². The first-order valence-electron chi connectivity index (χ1n) is 6.70. The number of carbonyl (C=O) groups is 1. The van der Waals surface area contributed by atoms with E-state index in [0.29, 0.717) is 17.9 Å². The molecule has 1 amide bonds. The van der Waals surface area contributed by atoms with Gasteiger partial charge in [-0.1, -0.05) is 25.3 Å². The van der Waals surface area contributed by atoms with Gasteiger partial charge in [0.2, 0.25) is 5.91 Å². The molecule has 0 unspecified atom stereocenters. The molecule has 0 saturated heterocycles. The number of carbonyl (C=O) groups excluding carboxylic acids is 1. The minimum atomic E-state index is -0.432. The van der Waals surface area contributed by atoms with Crippen molar-refractivity contribution in [1.82, 2.24) is 0 Å². The highest BCUT2D eigenvalue weighted by Crippen LogP contribution is 2.14. The van der Waals surface area contributed by atoms with E-state index in [1.807, 2.05) is 6.07 Å². The first-order valence-corrected chi connectivity index (χ1v) is 6.70. The molecule has 1 aromatic rings. The van der Waals surface area contributed by atoms with Crippen LogP contribution in [0.4, 0.5) is 0 Å². The molecular weight excluding hydrogens is 238 g/mol. The Morgan fingerprint density at radius 2 is 1.95 bits per heavy atom. The fourth-order valence-corrected chi connectivity index (χ4v) is 1.79. The molecule has 0 atom stereocenters. The molecule has 0 radical (unpaired) electrons. The van der Waals surface area contributed by atoms with Crippen molar-refractivity contribution >= 4 is 5.91 Å². The summed E-state index contributed by atoms with van der Waals surface area (Å²) in [4.78, 5) is 11.0. The van der Waals surface area contributed by atoms with Crippen molar-refractivity contribution in [2.75, 3.05) is 6.61 Å². The van der Waals surface area contributed by atoms with Gasteiger partial charge in [0.1, 0.15) is 5.75 Å². The minimum absolute atomic E-state index is 0.432. The second-order valence-electron chi connectivity index (χ2n) is 4.46. The number of terminal acetylenes is 1. The van der Waals surface area contributed by atoms with Crippen LogP contribution >= 0.6 is 0 Å². The van der Waals surface area contributed by atoms with Crippen molar-refractivity contribution in [3.8, 4) is 18.1 Å². The summed E-state index contributed by atoms with van der Waals surface area (Å²) in [6.45, 7) is 0.664. The molecule has 2 N–H and O–H groups in total. The van der Waals surface area contributed by atoms with Gasteiger partial charge in [-0.15, -0.1) is 12.3 Å². The van der Waals surface area contributed by atoms with Crippen LogP contribution in [-0.2, 0) is 0 Å². The second kappa shape index (κ2) is 9.04. The Morgan fingerprint density at radius 3 is 2.68 bits per heavy atom. The van der Waals surface area contributed by atoms with Gasteiger partial charge in [-0.2, -0.15) is 0 Å². The lowest BCUT2D eigenvalue weighted by Crippen LogP contribution is -2.10. The van der Waals surface area contributed by atoms with E-state index in [4.69, 9.17) is 16.9 Å². The van der Waals surface area contributed by atoms with Crippen molar-refractivity contribution < 1.29 is 9.53 Å². The fourth-order valence-electron chi connectivity index (χ4n) is 1.79. The molecule has 0 bridgehead atoms. The minimum Gasteiger partial charge on any atom is -0.494 e. The third-order valence-electron chi connectivity index (χ3n) is 2.85. The number of ether oxygens (including phenoxy) is 1. The monoisotopic (exact) mass is 259 g/mol. The second-order valence-corrected chi connectivity index (χ2v) is 4.46. The standard InChI is InChI=1S/C16H21NO2/c1-2-3-4-5-6-7-8-12-19-15-11-9-10-14(13-15)16(17)18/h1,9-11,13H,3-8,12H2,(H2,17,18). The predicted octanol–water partition coefficient (Wildman–Crippen LogP) is 3.14. The maximum atomic E-state index is 11.0. The molecule has 102 valence electrons. The van der Waals surface area contributed by atoms with E-state index in [-0.39, 0.29) is 0 Å². The molecule has 19 heavy (non-hydrogen) atoms. The predicted molar refractivity (Wildman–Crippen MR) is 77.0 cm³/mol. The van der Waals surface area contributed by atoms with Crippen molar-refractivity contribution in [2.24, 2.45) is 5.73 Å². The van der Waals surface area contributed by atoms with Gasteiger partial charge in [0.05, 0.1) is 6.61 Å². The molecule has 3 heteroatoms. The quantitative estimate of drug-likeness (QED) is 0.547. The van der Waals surface area contributed by atoms with E-state index in [1.165, 1.54) is 12.8 Å². The van der Waals surface area contributed by atoms with Crippen LogP contribution in [0.1, 0.15) is 48.9 Å². The van der Waals surface area contributed by atoms with Crippen molar-refractivity contribution in [3.05, 3.63) is 29.8 Å². The number of primary amides is 1. The largest absolute Gasteiger partial charge is 0.494 e. The Morgan fingerprint density at radius 1 is 1.21 bits per heavy atom. The maximum absolute atomic E-state index is 11.0. The smallest absolute Gasteiger partial charge is 0.248 e. The maximum Gasteiger partial charge on any atom is 0.248 e. The normalized spacial score (nSPS) is 9.84. The van der Waals surface area contributed by atoms with Gasteiger partial charge >= 0.3 is 0 Å². The summed E-state index contributed by atoms with van der Waals surface area (Å²) in [7, 11) is 0. The first-order chi connectivity index (χ1) is 9.24. The van der Waals surface area contributed by atoms with Crippen LogP contribution in [0.15, 0.2) is 24.3 Å². The number of amides is 1. The summed E-state index contributed by atoms with van der Waals surface area (Å²) in [6.07, 6.45) is 11.7. The number of unbranched alkanes of at least 4 members (excludes halogenated alkanes) is 5. The van der Waals surface area contributed by atoms with Gasteiger partial charge in [0.15, 0.2) is 0 Å².